The van der Waals surface area contributed by atoms with Crippen molar-refractivity contribution < 1.29 is 0 Å². The van der Waals surface area contributed by atoms with Crippen LogP contribution in [0.15, 0.2) is 53.8 Å². The Balaban J connectivity index is 1.85. The molecule has 0 bridgehead atoms. The molecule has 2 N–H and O–H groups in total. The van der Waals surface area contributed by atoms with Gasteiger partial charge in [-0.05, 0) is 43.4 Å². The van der Waals surface area contributed by atoms with E-state index in [4.69, 9.17) is 12.2 Å². The SMILES string of the molecule is Cc1ccc(NC(=S)N/N=C/c2ccccn2)cc1. The topological polar surface area (TPSA) is 49.3 Å². The van der Waals surface area contributed by atoms with Crippen LogP contribution in [-0.4, -0.2) is 16.3 Å². The van der Waals surface area contributed by atoms with Crippen molar-refractivity contribution in [1.29, 1.82) is 0 Å². The van der Waals surface area contributed by atoms with Gasteiger partial charge in [-0.3, -0.25) is 10.4 Å². The summed E-state index contributed by atoms with van der Waals surface area (Å²) in [5.41, 5.74) is 5.65. The summed E-state index contributed by atoms with van der Waals surface area (Å²) in [5.74, 6) is 0. The lowest BCUT2D eigenvalue weighted by Gasteiger charge is -2.06. The first-order valence-electron chi connectivity index (χ1n) is 5.82. The predicted octanol–water partition coefficient (Wildman–Crippen LogP) is 2.71. The minimum absolute atomic E-state index is 0.441. The maximum absolute atomic E-state index is 5.13. The van der Waals surface area contributed by atoms with E-state index in [1.54, 1.807) is 12.4 Å². The maximum Gasteiger partial charge on any atom is 0.191 e. The number of aromatic nitrogens is 1. The van der Waals surface area contributed by atoms with Gasteiger partial charge in [0.2, 0.25) is 0 Å². The Kier molecular flexibility index (Phi) is 4.58. The van der Waals surface area contributed by atoms with E-state index in [0.717, 1.165) is 11.4 Å². The van der Waals surface area contributed by atoms with Gasteiger partial charge in [0.05, 0.1) is 11.9 Å². The van der Waals surface area contributed by atoms with Crippen molar-refractivity contribution in [2.24, 2.45) is 5.10 Å². The first-order chi connectivity index (χ1) is 9.24. The summed E-state index contributed by atoms with van der Waals surface area (Å²) in [7, 11) is 0. The van der Waals surface area contributed by atoms with Gasteiger partial charge in [0.1, 0.15) is 0 Å². The number of rotatable bonds is 3. The van der Waals surface area contributed by atoms with Crippen molar-refractivity contribution in [2.75, 3.05) is 5.32 Å². The van der Waals surface area contributed by atoms with E-state index < -0.39 is 0 Å². The highest BCUT2D eigenvalue weighted by Gasteiger charge is 1.95. The molecule has 0 fully saturated rings. The number of aryl methyl sites for hydroxylation is 1. The van der Waals surface area contributed by atoms with Gasteiger partial charge >= 0.3 is 0 Å². The molecule has 4 nitrogen and oxygen atoms in total. The third-order valence-electron chi connectivity index (χ3n) is 2.36. The molecule has 1 aromatic heterocycles. The highest BCUT2D eigenvalue weighted by molar-refractivity contribution is 7.80. The molecule has 1 heterocycles. The van der Waals surface area contributed by atoms with Crippen LogP contribution in [0.1, 0.15) is 11.3 Å². The average molecular weight is 270 g/mol. The zero-order valence-corrected chi connectivity index (χ0v) is 11.3. The van der Waals surface area contributed by atoms with Crippen LogP contribution in [0.5, 0.6) is 0 Å². The number of hydrogen-bond donors (Lipinski definition) is 2. The number of hydrogen-bond acceptors (Lipinski definition) is 3. The number of pyridine rings is 1. The lowest BCUT2D eigenvalue weighted by molar-refractivity contribution is 1.05. The molecular formula is C14H14N4S. The molecule has 0 aliphatic rings. The quantitative estimate of drug-likeness (QED) is 0.511. The fourth-order valence-corrected chi connectivity index (χ4v) is 1.58. The van der Waals surface area contributed by atoms with Gasteiger partial charge in [0.15, 0.2) is 5.11 Å². The fourth-order valence-electron chi connectivity index (χ4n) is 1.41. The zero-order chi connectivity index (χ0) is 13.5. The Morgan fingerprint density at radius 3 is 2.68 bits per heavy atom. The molecular weight excluding hydrogens is 256 g/mol. The molecule has 5 heteroatoms. The number of anilines is 1. The van der Waals surface area contributed by atoms with Crippen LogP contribution >= 0.6 is 12.2 Å². The summed E-state index contributed by atoms with van der Waals surface area (Å²) in [4.78, 5) is 4.12. The molecule has 0 spiro atoms. The standard InChI is InChI=1S/C14H14N4S/c1-11-5-7-12(8-6-11)17-14(19)18-16-10-13-4-2-3-9-15-13/h2-10H,1H3,(H2,17,18,19)/b16-10+. The van der Waals surface area contributed by atoms with Crippen LogP contribution < -0.4 is 10.7 Å². The van der Waals surface area contributed by atoms with Crippen molar-refractivity contribution in [3.63, 3.8) is 0 Å². The molecule has 0 saturated heterocycles. The molecule has 19 heavy (non-hydrogen) atoms. The first-order valence-corrected chi connectivity index (χ1v) is 6.22. The van der Waals surface area contributed by atoms with Crippen molar-refractivity contribution in [3.8, 4) is 0 Å². The fraction of sp³-hybridized carbons (Fsp3) is 0.0714. The summed E-state index contributed by atoms with van der Waals surface area (Å²) >= 11 is 5.13. The van der Waals surface area contributed by atoms with Gasteiger partial charge in [0, 0.05) is 11.9 Å². The molecule has 0 aliphatic heterocycles. The van der Waals surface area contributed by atoms with E-state index in [0.29, 0.717) is 5.11 Å². The second-order valence-electron chi connectivity index (χ2n) is 3.94. The summed E-state index contributed by atoms with van der Waals surface area (Å²) in [6, 6.07) is 13.6. The van der Waals surface area contributed by atoms with Gasteiger partial charge in [0.25, 0.3) is 0 Å². The normalized spacial score (nSPS) is 10.4. The van der Waals surface area contributed by atoms with Gasteiger partial charge < -0.3 is 5.32 Å². The highest BCUT2D eigenvalue weighted by atomic mass is 32.1. The number of hydrazone groups is 1. The smallest absolute Gasteiger partial charge is 0.191 e. The Bertz CT molecular complexity index is 564. The summed E-state index contributed by atoms with van der Waals surface area (Å²) in [6.07, 6.45) is 3.33. The number of nitrogens with one attached hydrogen (secondary N) is 2. The molecule has 1 aromatic carbocycles. The molecule has 2 aromatic rings. The molecule has 0 amide bonds. The molecule has 0 saturated carbocycles. The van der Waals surface area contributed by atoms with Crippen molar-refractivity contribution >= 4 is 29.2 Å². The van der Waals surface area contributed by atoms with Crippen molar-refractivity contribution in [2.45, 2.75) is 6.92 Å². The summed E-state index contributed by atoms with van der Waals surface area (Å²) in [6.45, 7) is 2.04. The van der Waals surface area contributed by atoms with Gasteiger partial charge in [-0.1, -0.05) is 23.8 Å². The summed E-state index contributed by atoms with van der Waals surface area (Å²) < 4.78 is 0. The van der Waals surface area contributed by atoms with Crippen molar-refractivity contribution in [1.82, 2.24) is 10.4 Å². The molecule has 0 atom stereocenters. The lowest BCUT2D eigenvalue weighted by atomic mass is 10.2. The minimum Gasteiger partial charge on any atom is -0.331 e. The maximum atomic E-state index is 5.13. The number of benzene rings is 1. The van der Waals surface area contributed by atoms with Crippen molar-refractivity contribution in [3.05, 3.63) is 59.9 Å². The Morgan fingerprint density at radius 2 is 2.00 bits per heavy atom. The highest BCUT2D eigenvalue weighted by Crippen LogP contribution is 2.07. The van der Waals surface area contributed by atoms with Crippen LogP contribution in [0, 0.1) is 6.92 Å². The third-order valence-corrected chi connectivity index (χ3v) is 2.55. The predicted molar refractivity (Wildman–Crippen MR) is 82.4 cm³/mol. The van der Waals surface area contributed by atoms with E-state index in [2.05, 4.69) is 20.8 Å². The third kappa shape index (κ3) is 4.48. The van der Waals surface area contributed by atoms with E-state index in [1.807, 2.05) is 49.4 Å². The van der Waals surface area contributed by atoms with Crippen LogP contribution in [0.4, 0.5) is 5.69 Å². The van der Waals surface area contributed by atoms with Crippen LogP contribution in [0.25, 0.3) is 0 Å². The van der Waals surface area contributed by atoms with E-state index in [1.165, 1.54) is 5.56 Å². The summed E-state index contributed by atoms with van der Waals surface area (Å²) in [5, 5.41) is 7.50. The van der Waals surface area contributed by atoms with Crippen LogP contribution in [-0.2, 0) is 0 Å². The molecule has 0 aliphatic carbocycles. The lowest BCUT2D eigenvalue weighted by Crippen LogP contribution is -2.23. The Morgan fingerprint density at radius 1 is 1.21 bits per heavy atom. The zero-order valence-electron chi connectivity index (χ0n) is 10.5. The molecule has 2 rings (SSSR count). The minimum atomic E-state index is 0.441. The first kappa shape index (κ1) is 13.2. The van der Waals surface area contributed by atoms with Crippen LogP contribution in [0.2, 0.25) is 0 Å². The average Bonchev–Trinajstić information content (AvgIpc) is 2.43. The second kappa shape index (κ2) is 6.61. The Hall–Kier alpha value is -2.27. The number of thiocarbonyl (C=S) groups is 1. The van der Waals surface area contributed by atoms with Gasteiger partial charge in [-0.2, -0.15) is 5.10 Å². The second-order valence-corrected chi connectivity index (χ2v) is 4.35. The van der Waals surface area contributed by atoms with Crippen LogP contribution in [0.3, 0.4) is 0 Å². The van der Waals surface area contributed by atoms with Gasteiger partial charge in [-0.25, -0.2) is 0 Å². The number of nitrogens with zero attached hydrogens (tertiary/aromatic N) is 2. The molecule has 0 unspecified atom stereocenters. The van der Waals surface area contributed by atoms with E-state index in [9.17, 15) is 0 Å². The Labute approximate surface area is 117 Å². The largest absolute Gasteiger partial charge is 0.331 e. The van der Waals surface area contributed by atoms with Gasteiger partial charge in [-0.15, -0.1) is 0 Å². The monoisotopic (exact) mass is 270 g/mol. The van der Waals surface area contributed by atoms with E-state index >= 15 is 0 Å². The molecule has 96 valence electrons. The van der Waals surface area contributed by atoms with E-state index in [-0.39, 0.29) is 0 Å². The molecule has 0 radical (unpaired) electrons.